The van der Waals surface area contributed by atoms with Gasteiger partial charge in [0, 0.05) is 0 Å². The number of hydrogen-bond donors (Lipinski definition) is 0. The molecule has 0 aromatic carbocycles. The van der Waals surface area contributed by atoms with Crippen LogP contribution in [-0.2, 0) is 4.46 Å². The minimum Gasteiger partial charge on any atom is -0.587 e. The fraction of sp³-hybridized carbons (Fsp3) is 1.00. The van der Waals surface area contributed by atoms with E-state index in [1.54, 1.807) is 0 Å². The predicted molar refractivity (Wildman–Crippen MR) is 21.5 cm³/mol. The van der Waals surface area contributed by atoms with Crippen LogP contribution in [0.15, 0.2) is 0 Å². The van der Waals surface area contributed by atoms with Gasteiger partial charge in [0.15, 0.2) is 0 Å². The second kappa shape index (κ2) is 7.45. The summed E-state index contributed by atoms with van der Waals surface area (Å²) in [5.74, 6) is 0. The van der Waals surface area contributed by atoms with Crippen molar-refractivity contribution < 1.29 is 60.6 Å². The van der Waals surface area contributed by atoms with E-state index >= 15 is 0 Å². The molecule has 0 radical (unpaired) electrons. The van der Waals surface area contributed by atoms with E-state index in [2.05, 4.69) is 0 Å². The van der Waals surface area contributed by atoms with Gasteiger partial charge in [-0.2, -0.15) is 0 Å². The van der Waals surface area contributed by atoms with E-state index in [-0.39, 0.29) is 51.4 Å². The van der Waals surface area contributed by atoms with Gasteiger partial charge in [0.2, 0.25) is 0 Å². The maximum Gasteiger partial charge on any atom is 1.00 e. The molecule has 0 aromatic heterocycles. The largest absolute Gasteiger partial charge is 1.00 e. The zero-order valence-corrected chi connectivity index (χ0v) is 8.85. The molecule has 0 rings (SSSR count). The quantitative estimate of drug-likeness (QED) is 0.379. The number of hydrogen-bond acceptors (Lipinski definition) is 2. The van der Waals surface area contributed by atoms with Gasteiger partial charge in [0.25, 0.3) is 0 Å². The van der Waals surface area contributed by atoms with Crippen molar-refractivity contribution >= 4 is 8.93 Å². The van der Waals surface area contributed by atoms with Crippen molar-refractivity contribution in [1.82, 2.24) is 0 Å². The van der Waals surface area contributed by atoms with Crippen LogP contribution in [0.25, 0.3) is 0 Å². The first kappa shape index (κ1) is 11.3. The SMILES string of the molecule is CCC[Si](=O)[O-].[K+]. The maximum absolute atomic E-state index is 9.67. The Balaban J connectivity index is 0. The molecule has 0 N–H and O–H groups in total. The molecule has 0 amide bonds. The van der Waals surface area contributed by atoms with Crippen molar-refractivity contribution in [3.8, 4) is 0 Å². The Hall–Kier alpha value is 1.45. The molecular formula is C3H7KO2Si. The van der Waals surface area contributed by atoms with E-state index in [4.69, 9.17) is 0 Å². The van der Waals surface area contributed by atoms with Crippen LogP contribution in [-0.4, -0.2) is 8.93 Å². The summed E-state index contributed by atoms with van der Waals surface area (Å²) in [6, 6.07) is 0.366. The standard InChI is InChI=1S/C3H7O2Si.K/c1-2-3-6(4)5;/h2-3H2,1H3;/q-1;+1. The van der Waals surface area contributed by atoms with Gasteiger partial charge in [0.05, 0.1) is 0 Å². The van der Waals surface area contributed by atoms with Crippen LogP contribution in [0.3, 0.4) is 0 Å². The zero-order valence-electron chi connectivity index (χ0n) is 4.73. The van der Waals surface area contributed by atoms with Crippen molar-refractivity contribution in [1.29, 1.82) is 0 Å². The van der Waals surface area contributed by atoms with Crippen LogP contribution < -0.4 is 56.2 Å². The molecular weight excluding hydrogens is 135 g/mol. The minimum atomic E-state index is -2.39. The normalized spacial score (nSPS) is 7.00. The zero-order chi connectivity index (χ0) is 4.99. The maximum atomic E-state index is 9.67. The topological polar surface area (TPSA) is 40.1 Å². The first-order chi connectivity index (χ1) is 2.77. The summed E-state index contributed by atoms with van der Waals surface area (Å²) in [4.78, 5) is 9.67. The van der Waals surface area contributed by atoms with Gasteiger partial charge in [-0.25, -0.2) is 0 Å². The fourth-order valence-corrected chi connectivity index (χ4v) is 0.612. The first-order valence-corrected chi connectivity index (χ1v) is 3.49. The molecule has 0 saturated carbocycles. The molecule has 0 atom stereocenters. The van der Waals surface area contributed by atoms with Crippen LogP contribution in [0, 0.1) is 0 Å². The molecule has 2 nitrogen and oxygen atoms in total. The summed E-state index contributed by atoms with van der Waals surface area (Å²) in [5, 5.41) is 0. The second-order valence-corrected chi connectivity index (χ2v) is 2.37. The van der Waals surface area contributed by atoms with Gasteiger partial charge < -0.3 is 9.26 Å². The van der Waals surface area contributed by atoms with Gasteiger partial charge in [-0.15, -0.1) is 0 Å². The average Bonchev–Trinajstić information content (AvgIpc) is 1.35. The summed E-state index contributed by atoms with van der Waals surface area (Å²) in [5.41, 5.74) is 0. The minimum absolute atomic E-state index is 0. The van der Waals surface area contributed by atoms with E-state index < -0.39 is 8.93 Å². The van der Waals surface area contributed by atoms with Crippen molar-refractivity contribution in [2.24, 2.45) is 0 Å². The van der Waals surface area contributed by atoms with Crippen LogP contribution in [0.5, 0.6) is 0 Å². The molecule has 0 saturated heterocycles. The molecule has 36 valence electrons. The summed E-state index contributed by atoms with van der Waals surface area (Å²) < 4.78 is 9.67. The van der Waals surface area contributed by atoms with E-state index in [9.17, 15) is 9.26 Å². The monoisotopic (exact) mass is 142 g/mol. The average molecular weight is 142 g/mol. The first-order valence-electron chi connectivity index (χ1n) is 1.97. The Morgan fingerprint density at radius 1 is 1.71 bits per heavy atom. The van der Waals surface area contributed by atoms with E-state index in [0.717, 1.165) is 6.42 Å². The number of rotatable bonds is 2. The van der Waals surface area contributed by atoms with Crippen LogP contribution in [0.4, 0.5) is 0 Å². The predicted octanol–water partition coefficient (Wildman–Crippen LogP) is -3.32. The van der Waals surface area contributed by atoms with Gasteiger partial charge in [-0.05, 0) is 6.04 Å². The Kier molecular flexibility index (Phi) is 12.0. The van der Waals surface area contributed by atoms with E-state index in [1.807, 2.05) is 6.92 Å². The third-order valence-electron chi connectivity index (χ3n) is 0.454. The summed E-state index contributed by atoms with van der Waals surface area (Å²) in [6.45, 7) is 1.85. The van der Waals surface area contributed by atoms with E-state index in [1.165, 1.54) is 0 Å². The molecule has 0 unspecified atom stereocenters. The molecule has 4 heteroatoms. The Labute approximate surface area is 87.5 Å². The molecule has 0 spiro atoms. The molecule has 0 fully saturated rings. The second-order valence-electron chi connectivity index (χ2n) is 1.12. The molecule has 0 heterocycles. The van der Waals surface area contributed by atoms with Crippen molar-refractivity contribution in [3.05, 3.63) is 0 Å². The molecule has 0 bridgehead atoms. The molecule has 0 aromatic rings. The third-order valence-corrected chi connectivity index (χ3v) is 1.36. The van der Waals surface area contributed by atoms with E-state index in [0.29, 0.717) is 6.04 Å². The third kappa shape index (κ3) is 11.2. The molecule has 0 aliphatic carbocycles. The molecule has 7 heavy (non-hydrogen) atoms. The van der Waals surface area contributed by atoms with Gasteiger partial charge >= 0.3 is 51.4 Å². The van der Waals surface area contributed by atoms with Crippen molar-refractivity contribution in [2.45, 2.75) is 19.4 Å². The fourth-order valence-electron chi connectivity index (χ4n) is 0.204. The van der Waals surface area contributed by atoms with Crippen molar-refractivity contribution in [3.63, 3.8) is 0 Å². The smallest absolute Gasteiger partial charge is 0.587 e. The summed E-state index contributed by atoms with van der Waals surface area (Å²) >= 11 is 0. The van der Waals surface area contributed by atoms with Gasteiger partial charge in [-0.3, -0.25) is 0 Å². The molecule has 0 aliphatic rings. The van der Waals surface area contributed by atoms with Crippen LogP contribution in [0.1, 0.15) is 13.3 Å². The van der Waals surface area contributed by atoms with Gasteiger partial charge in [0.1, 0.15) is 8.93 Å². The van der Waals surface area contributed by atoms with Crippen molar-refractivity contribution in [2.75, 3.05) is 0 Å². The Bertz CT molecular complexity index is 56.9. The Morgan fingerprint density at radius 3 is 2.14 bits per heavy atom. The van der Waals surface area contributed by atoms with Crippen LogP contribution >= 0.6 is 0 Å². The summed E-state index contributed by atoms with van der Waals surface area (Å²) in [7, 11) is -2.39. The Morgan fingerprint density at radius 2 is 2.14 bits per heavy atom. The molecule has 0 aliphatic heterocycles. The van der Waals surface area contributed by atoms with Gasteiger partial charge in [-0.1, -0.05) is 13.3 Å². The van der Waals surface area contributed by atoms with Crippen LogP contribution in [0.2, 0.25) is 6.04 Å². The summed E-state index contributed by atoms with van der Waals surface area (Å²) in [6.07, 6.45) is 0.751.